The summed E-state index contributed by atoms with van der Waals surface area (Å²) in [6.07, 6.45) is 3.93. The highest BCUT2D eigenvalue weighted by Gasteiger charge is 2.41. The van der Waals surface area contributed by atoms with E-state index in [2.05, 4.69) is 4.90 Å². The van der Waals surface area contributed by atoms with Gasteiger partial charge in [-0.05, 0) is 61.8 Å². The van der Waals surface area contributed by atoms with Crippen LogP contribution in [0.25, 0.3) is 0 Å². The first-order chi connectivity index (χ1) is 16.0. The molecule has 2 unspecified atom stereocenters. The summed E-state index contributed by atoms with van der Waals surface area (Å²) in [5, 5.41) is 0.841. The van der Waals surface area contributed by atoms with Gasteiger partial charge in [-0.15, -0.1) is 0 Å². The predicted octanol–water partition coefficient (Wildman–Crippen LogP) is 5.36. The van der Waals surface area contributed by atoms with Gasteiger partial charge in [0.15, 0.2) is 11.5 Å². The molecule has 6 nitrogen and oxygen atoms in total. The van der Waals surface area contributed by atoms with Crippen LogP contribution >= 0.6 is 23.2 Å². The lowest BCUT2D eigenvalue weighted by Crippen LogP contribution is -2.34. The smallest absolute Gasteiger partial charge is 0.236 e. The van der Waals surface area contributed by atoms with Crippen molar-refractivity contribution in [1.82, 2.24) is 4.90 Å². The molecule has 0 spiro atoms. The van der Waals surface area contributed by atoms with Gasteiger partial charge < -0.3 is 14.2 Å². The number of hydrogen-bond acceptors (Lipinski definition) is 5. The summed E-state index contributed by atoms with van der Waals surface area (Å²) in [4.78, 5) is 17.5. The summed E-state index contributed by atoms with van der Waals surface area (Å²) < 4.78 is 17.3. The summed E-state index contributed by atoms with van der Waals surface area (Å²) in [6, 6.07) is 10.9. The van der Waals surface area contributed by atoms with Crippen LogP contribution in [0.1, 0.15) is 37.2 Å². The van der Waals surface area contributed by atoms with E-state index in [0.29, 0.717) is 40.3 Å². The van der Waals surface area contributed by atoms with Gasteiger partial charge in [-0.2, -0.15) is 0 Å². The molecule has 178 valence electrons. The van der Waals surface area contributed by atoms with E-state index in [1.807, 2.05) is 18.2 Å². The Balaban J connectivity index is 1.51. The zero-order chi connectivity index (χ0) is 23.4. The van der Waals surface area contributed by atoms with E-state index in [9.17, 15) is 4.79 Å². The average Bonchev–Trinajstić information content (AvgIpc) is 3.17. The molecular weight excluding hydrogens is 463 g/mol. The number of methoxy groups -OCH3 is 2. The Hall–Kier alpha value is -1.99. The van der Waals surface area contributed by atoms with Crippen molar-refractivity contribution in [3.05, 3.63) is 52.0 Å². The molecule has 0 aliphatic carbocycles. The lowest BCUT2D eigenvalue weighted by molar-refractivity contribution is -0.118. The minimum atomic E-state index is -0.398. The van der Waals surface area contributed by atoms with Crippen molar-refractivity contribution < 1.29 is 19.0 Å². The Labute approximate surface area is 205 Å². The predicted molar refractivity (Wildman–Crippen MR) is 131 cm³/mol. The number of hydrogen-bond donors (Lipinski definition) is 0. The maximum Gasteiger partial charge on any atom is 0.236 e. The molecule has 33 heavy (non-hydrogen) atoms. The Kier molecular flexibility index (Phi) is 8.02. The molecule has 2 atom stereocenters. The summed E-state index contributed by atoms with van der Waals surface area (Å²) >= 11 is 12.3. The van der Waals surface area contributed by atoms with Crippen LogP contribution in [-0.2, 0) is 9.53 Å². The largest absolute Gasteiger partial charge is 0.493 e. The number of rotatable bonds is 8. The van der Waals surface area contributed by atoms with Crippen molar-refractivity contribution in [1.29, 1.82) is 0 Å². The zero-order valence-corrected chi connectivity index (χ0v) is 20.6. The molecule has 0 saturated carbocycles. The van der Waals surface area contributed by atoms with E-state index in [4.69, 9.17) is 37.4 Å². The van der Waals surface area contributed by atoms with Crippen molar-refractivity contribution in [2.24, 2.45) is 0 Å². The minimum absolute atomic E-state index is 0.0512. The van der Waals surface area contributed by atoms with Gasteiger partial charge in [0.05, 0.1) is 23.1 Å². The van der Waals surface area contributed by atoms with Gasteiger partial charge >= 0.3 is 0 Å². The number of carbonyl (C=O) groups excluding carboxylic acids is 1. The van der Waals surface area contributed by atoms with Gasteiger partial charge in [0.1, 0.15) is 12.8 Å². The quantitative estimate of drug-likeness (QED) is 0.496. The van der Waals surface area contributed by atoms with Gasteiger partial charge in [0, 0.05) is 25.8 Å². The van der Waals surface area contributed by atoms with Crippen molar-refractivity contribution in [3.8, 4) is 11.5 Å². The summed E-state index contributed by atoms with van der Waals surface area (Å²) in [6.45, 7) is 3.71. The molecule has 2 fully saturated rings. The van der Waals surface area contributed by atoms with Crippen molar-refractivity contribution in [2.75, 3.05) is 45.4 Å². The van der Waals surface area contributed by atoms with Gasteiger partial charge in [0.25, 0.3) is 0 Å². The van der Waals surface area contributed by atoms with Gasteiger partial charge in [-0.25, -0.2) is 0 Å². The Morgan fingerprint density at radius 3 is 2.45 bits per heavy atom. The maximum absolute atomic E-state index is 13.4. The van der Waals surface area contributed by atoms with E-state index in [1.54, 1.807) is 37.3 Å². The first kappa shape index (κ1) is 24.1. The Bertz CT molecular complexity index is 981. The number of halogens is 2. The number of amides is 1. The highest BCUT2D eigenvalue weighted by atomic mass is 35.5. The van der Waals surface area contributed by atoms with Crippen molar-refractivity contribution in [2.45, 2.75) is 37.8 Å². The number of nitrogens with zero attached hydrogens (tertiary/aromatic N) is 2. The normalized spacial score (nSPS) is 21.5. The standard InChI is InChI=1S/C25H30Cl2N2O4/c1-31-22-9-6-17(14-23(22)33-13-12-28-10-4-3-5-11-28)19-16-24(32-2)29(25(19)30)18-7-8-20(26)21(27)15-18/h6-9,14-15,19,24H,3-5,10-13,16H2,1-2H3. The van der Waals surface area contributed by atoms with Crippen LogP contribution in [0.2, 0.25) is 10.0 Å². The fourth-order valence-electron chi connectivity index (χ4n) is 4.62. The monoisotopic (exact) mass is 492 g/mol. The van der Waals surface area contributed by atoms with Crippen molar-refractivity contribution >= 4 is 34.8 Å². The molecule has 0 N–H and O–H groups in total. The molecule has 4 rings (SSSR count). The fraction of sp³-hybridized carbons (Fsp3) is 0.480. The fourth-order valence-corrected chi connectivity index (χ4v) is 4.91. The molecule has 0 aromatic heterocycles. The topological polar surface area (TPSA) is 51.2 Å². The zero-order valence-electron chi connectivity index (χ0n) is 19.1. The summed E-state index contributed by atoms with van der Waals surface area (Å²) in [5.74, 6) is 0.902. The van der Waals surface area contributed by atoms with Crippen molar-refractivity contribution in [3.63, 3.8) is 0 Å². The highest BCUT2D eigenvalue weighted by Crippen LogP contribution is 2.40. The second-order valence-corrected chi connectivity index (χ2v) is 9.26. The summed E-state index contributed by atoms with van der Waals surface area (Å²) in [7, 11) is 3.23. The minimum Gasteiger partial charge on any atom is -0.493 e. The van der Waals surface area contributed by atoms with Crippen LogP contribution in [0.15, 0.2) is 36.4 Å². The molecule has 2 heterocycles. The van der Waals surface area contributed by atoms with E-state index in [0.717, 1.165) is 25.2 Å². The second kappa shape index (κ2) is 11.0. The molecule has 2 aromatic rings. The van der Waals surface area contributed by atoms with Gasteiger partial charge in [-0.3, -0.25) is 14.6 Å². The van der Waals surface area contributed by atoms with Crippen LogP contribution < -0.4 is 14.4 Å². The molecule has 8 heteroatoms. The molecule has 2 aromatic carbocycles. The first-order valence-corrected chi connectivity index (χ1v) is 12.1. The second-order valence-electron chi connectivity index (χ2n) is 8.45. The molecule has 2 aliphatic heterocycles. The van der Waals surface area contributed by atoms with Crippen LogP contribution in [0.3, 0.4) is 0 Å². The maximum atomic E-state index is 13.4. The van der Waals surface area contributed by atoms with Crippen LogP contribution in [0, 0.1) is 0 Å². The Morgan fingerprint density at radius 1 is 0.970 bits per heavy atom. The van der Waals surface area contributed by atoms with Crippen LogP contribution in [0.5, 0.6) is 11.5 Å². The number of anilines is 1. The van der Waals surface area contributed by atoms with E-state index < -0.39 is 6.23 Å². The van der Waals surface area contributed by atoms with E-state index in [1.165, 1.54) is 19.3 Å². The molecule has 0 bridgehead atoms. The molecule has 0 radical (unpaired) electrons. The number of ether oxygens (including phenoxy) is 3. The first-order valence-electron chi connectivity index (χ1n) is 11.4. The molecule has 2 aliphatic rings. The number of benzene rings is 2. The number of likely N-dealkylation sites (tertiary alicyclic amines) is 1. The molecular formula is C25H30Cl2N2O4. The number of piperidine rings is 1. The van der Waals surface area contributed by atoms with Gasteiger partial charge in [-0.1, -0.05) is 35.7 Å². The molecule has 1 amide bonds. The lowest BCUT2D eigenvalue weighted by atomic mass is 9.97. The van der Waals surface area contributed by atoms with Gasteiger partial charge in [0.2, 0.25) is 5.91 Å². The molecule has 2 saturated heterocycles. The number of carbonyl (C=O) groups is 1. The van der Waals surface area contributed by atoms with E-state index >= 15 is 0 Å². The SMILES string of the molecule is COc1ccc(C2CC(OC)N(c3ccc(Cl)c(Cl)c3)C2=O)cc1OCCN1CCCCC1. The van der Waals surface area contributed by atoms with Crippen LogP contribution in [0.4, 0.5) is 5.69 Å². The third-order valence-electron chi connectivity index (χ3n) is 6.42. The summed E-state index contributed by atoms with van der Waals surface area (Å²) in [5.41, 5.74) is 1.54. The highest BCUT2D eigenvalue weighted by molar-refractivity contribution is 6.42. The van der Waals surface area contributed by atoms with Crippen LogP contribution in [-0.4, -0.2) is 57.5 Å². The third-order valence-corrected chi connectivity index (χ3v) is 7.16. The van der Waals surface area contributed by atoms with E-state index in [-0.39, 0.29) is 11.8 Å². The third kappa shape index (κ3) is 5.40. The Morgan fingerprint density at radius 2 is 1.76 bits per heavy atom. The average molecular weight is 493 g/mol. The lowest BCUT2D eigenvalue weighted by Gasteiger charge is -2.26.